The zero-order chi connectivity index (χ0) is 12.4. The second-order valence-electron chi connectivity index (χ2n) is 3.85. The van der Waals surface area contributed by atoms with E-state index in [4.69, 9.17) is 10.8 Å². The molecule has 90 valence electrons. The lowest BCUT2D eigenvalue weighted by atomic mass is 10.1. The fraction of sp³-hybridized carbons (Fsp3) is 0.364. The van der Waals surface area contributed by atoms with E-state index in [1.54, 1.807) is 11.0 Å². The summed E-state index contributed by atoms with van der Waals surface area (Å²) < 4.78 is 0. The zero-order valence-corrected chi connectivity index (χ0v) is 9.22. The highest BCUT2D eigenvalue weighted by atomic mass is 16.3. The molecule has 0 aromatic carbocycles. The number of aliphatic hydroxyl groups excluding tert-OH is 1. The maximum absolute atomic E-state index is 11.9. The molecular weight excluding hydrogens is 222 g/mol. The molecule has 2 rings (SSSR count). The normalized spacial score (nSPS) is 13.9. The summed E-state index contributed by atoms with van der Waals surface area (Å²) in [7, 11) is 0. The third-order valence-electron chi connectivity index (χ3n) is 2.74. The van der Waals surface area contributed by atoms with E-state index in [0.29, 0.717) is 30.6 Å². The molecule has 1 aromatic heterocycles. The Kier molecular flexibility index (Phi) is 3.06. The predicted molar refractivity (Wildman–Crippen MR) is 59.2 cm³/mol. The lowest BCUT2D eigenvalue weighted by Crippen LogP contribution is -2.25. The zero-order valence-electron chi connectivity index (χ0n) is 9.22. The van der Waals surface area contributed by atoms with Crippen LogP contribution in [0.3, 0.4) is 0 Å². The number of carbonyl (C=O) groups excluding carboxylic acids is 2. The maximum Gasteiger partial charge on any atom is 0.267 e. The standard InChI is InChI=1S/C11H13N3O3/c12-10(16)9-8-6-14(4-1-5-15)11(17)7(8)2-3-13-9/h2-3,15H,1,4-6H2,(H2,12,16). The van der Waals surface area contributed by atoms with Gasteiger partial charge in [0.1, 0.15) is 5.69 Å². The van der Waals surface area contributed by atoms with Crippen molar-refractivity contribution in [3.8, 4) is 0 Å². The minimum Gasteiger partial charge on any atom is -0.396 e. The lowest BCUT2D eigenvalue weighted by Gasteiger charge is -2.14. The number of aliphatic hydroxyl groups is 1. The Morgan fingerprint density at radius 2 is 2.35 bits per heavy atom. The van der Waals surface area contributed by atoms with Gasteiger partial charge < -0.3 is 15.7 Å². The van der Waals surface area contributed by atoms with Gasteiger partial charge in [-0.25, -0.2) is 0 Å². The first-order valence-corrected chi connectivity index (χ1v) is 5.33. The second-order valence-corrected chi connectivity index (χ2v) is 3.85. The van der Waals surface area contributed by atoms with E-state index in [-0.39, 0.29) is 18.2 Å². The van der Waals surface area contributed by atoms with Gasteiger partial charge in [-0.05, 0) is 12.5 Å². The molecule has 2 heterocycles. The Morgan fingerprint density at radius 1 is 1.59 bits per heavy atom. The average molecular weight is 235 g/mol. The van der Waals surface area contributed by atoms with Crippen LogP contribution in [0.15, 0.2) is 12.3 Å². The van der Waals surface area contributed by atoms with E-state index in [9.17, 15) is 9.59 Å². The summed E-state index contributed by atoms with van der Waals surface area (Å²) in [4.78, 5) is 28.6. The highest BCUT2D eigenvalue weighted by Gasteiger charge is 2.30. The van der Waals surface area contributed by atoms with Crippen LogP contribution < -0.4 is 5.73 Å². The number of pyridine rings is 1. The number of primary amides is 1. The van der Waals surface area contributed by atoms with Crippen molar-refractivity contribution >= 4 is 11.8 Å². The molecule has 0 fully saturated rings. The van der Waals surface area contributed by atoms with E-state index in [0.717, 1.165) is 0 Å². The third kappa shape index (κ3) is 1.99. The number of carbonyl (C=O) groups is 2. The van der Waals surface area contributed by atoms with Crippen molar-refractivity contribution in [2.75, 3.05) is 13.2 Å². The molecule has 0 bridgehead atoms. The minimum absolute atomic E-state index is 0.0288. The molecule has 1 aliphatic rings. The topological polar surface area (TPSA) is 96.5 Å². The molecule has 2 amide bonds. The number of nitrogens with two attached hydrogens (primary N) is 1. The van der Waals surface area contributed by atoms with Gasteiger partial charge in [0.25, 0.3) is 11.8 Å². The molecule has 1 aliphatic heterocycles. The van der Waals surface area contributed by atoms with Crippen LogP contribution >= 0.6 is 0 Å². The van der Waals surface area contributed by atoms with Gasteiger partial charge in [-0.2, -0.15) is 0 Å². The van der Waals surface area contributed by atoms with Gasteiger partial charge >= 0.3 is 0 Å². The Labute approximate surface area is 98.1 Å². The molecule has 6 heteroatoms. The van der Waals surface area contributed by atoms with Crippen LogP contribution in [0.4, 0.5) is 0 Å². The molecule has 17 heavy (non-hydrogen) atoms. The molecule has 0 saturated carbocycles. The van der Waals surface area contributed by atoms with Crippen molar-refractivity contribution in [1.29, 1.82) is 0 Å². The molecular formula is C11H13N3O3. The van der Waals surface area contributed by atoms with Crippen molar-refractivity contribution in [2.45, 2.75) is 13.0 Å². The average Bonchev–Trinajstić information content (AvgIpc) is 2.63. The van der Waals surface area contributed by atoms with Gasteiger partial charge in [0.2, 0.25) is 0 Å². The summed E-state index contributed by atoms with van der Waals surface area (Å²) in [5, 5.41) is 8.75. The van der Waals surface area contributed by atoms with Gasteiger partial charge in [-0.3, -0.25) is 14.6 Å². The summed E-state index contributed by atoms with van der Waals surface area (Å²) in [6, 6.07) is 1.59. The molecule has 0 saturated heterocycles. The van der Waals surface area contributed by atoms with Crippen LogP contribution in [0, 0.1) is 0 Å². The van der Waals surface area contributed by atoms with Crippen molar-refractivity contribution in [2.24, 2.45) is 5.73 Å². The fourth-order valence-corrected chi connectivity index (χ4v) is 1.94. The highest BCUT2D eigenvalue weighted by Crippen LogP contribution is 2.24. The van der Waals surface area contributed by atoms with E-state index in [1.165, 1.54) is 6.20 Å². The molecule has 0 spiro atoms. The maximum atomic E-state index is 11.9. The largest absolute Gasteiger partial charge is 0.396 e. The van der Waals surface area contributed by atoms with Gasteiger partial charge in [-0.1, -0.05) is 0 Å². The molecule has 0 aliphatic carbocycles. The SMILES string of the molecule is NC(=O)c1nccc2c1CN(CCCO)C2=O. The first kappa shape index (κ1) is 11.5. The molecule has 0 atom stereocenters. The van der Waals surface area contributed by atoms with E-state index in [1.807, 2.05) is 0 Å². The minimum atomic E-state index is -0.626. The number of fused-ring (bicyclic) bond motifs is 1. The summed E-state index contributed by atoms with van der Waals surface area (Å²) in [6.07, 6.45) is 1.92. The smallest absolute Gasteiger partial charge is 0.267 e. The van der Waals surface area contributed by atoms with Gasteiger partial charge in [-0.15, -0.1) is 0 Å². The van der Waals surface area contributed by atoms with Crippen molar-refractivity contribution < 1.29 is 14.7 Å². The van der Waals surface area contributed by atoms with Crippen molar-refractivity contribution in [3.05, 3.63) is 29.1 Å². The second kappa shape index (κ2) is 4.50. The summed E-state index contributed by atoms with van der Waals surface area (Å²) in [5.74, 6) is -0.767. The summed E-state index contributed by atoms with van der Waals surface area (Å²) in [5.41, 5.74) is 6.43. The van der Waals surface area contributed by atoms with Crippen molar-refractivity contribution in [3.63, 3.8) is 0 Å². The lowest BCUT2D eigenvalue weighted by molar-refractivity contribution is 0.0767. The molecule has 0 unspecified atom stereocenters. The monoisotopic (exact) mass is 235 g/mol. The molecule has 0 radical (unpaired) electrons. The van der Waals surface area contributed by atoms with Crippen LogP contribution in [0.25, 0.3) is 0 Å². The summed E-state index contributed by atoms with van der Waals surface area (Å²) in [6.45, 7) is 0.823. The molecule has 6 nitrogen and oxygen atoms in total. The van der Waals surface area contributed by atoms with Crippen LogP contribution in [-0.4, -0.2) is 40.0 Å². The first-order valence-electron chi connectivity index (χ1n) is 5.33. The predicted octanol–water partition coefficient (Wildman–Crippen LogP) is -0.481. The fourth-order valence-electron chi connectivity index (χ4n) is 1.94. The number of rotatable bonds is 4. The Hall–Kier alpha value is -1.95. The van der Waals surface area contributed by atoms with Gasteiger partial charge in [0.05, 0.1) is 0 Å². The van der Waals surface area contributed by atoms with Crippen molar-refractivity contribution in [1.82, 2.24) is 9.88 Å². The van der Waals surface area contributed by atoms with E-state index in [2.05, 4.69) is 4.98 Å². The van der Waals surface area contributed by atoms with Crippen LogP contribution in [0.1, 0.15) is 32.8 Å². The quantitative estimate of drug-likeness (QED) is 0.736. The number of hydrogen-bond acceptors (Lipinski definition) is 4. The van der Waals surface area contributed by atoms with Gasteiger partial charge in [0, 0.05) is 37.0 Å². The Bertz CT molecular complexity index is 473. The Balaban J connectivity index is 2.31. The highest BCUT2D eigenvalue weighted by molar-refractivity contribution is 6.02. The third-order valence-corrected chi connectivity index (χ3v) is 2.74. The van der Waals surface area contributed by atoms with Crippen LogP contribution in [-0.2, 0) is 6.54 Å². The van der Waals surface area contributed by atoms with E-state index < -0.39 is 5.91 Å². The summed E-state index contributed by atoms with van der Waals surface area (Å²) >= 11 is 0. The number of nitrogens with zero attached hydrogens (tertiary/aromatic N) is 2. The van der Waals surface area contributed by atoms with E-state index >= 15 is 0 Å². The van der Waals surface area contributed by atoms with Gasteiger partial charge in [0.15, 0.2) is 0 Å². The number of aromatic nitrogens is 1. The number of amides is 2. The van der Waals surface area contributed by atoms with Crippen LogP contribution in [0.5, 0.6) is 0 Å². The van der Waals surface area contributed by atoms with Crippen LogP contribution in [0.2, 0.25) is 0 Å². The molecule has 1 aromatic rings. The number of hydrogen-bond donors (Lipinski definition) is 2. The first-order chi connectivity index (χ1) is 8.15. The Morgan fingerprint density at radius 3 is 3.00 bits per heavy atom. The molecule has 3 N–H and O–H groups in total.